The molecular weight excluding hydrogens is 248 g/mol. The second-order valence-corrected chi connectivity index (χ2v) is 4.30. The summed E-state index contributed by atoms with van der Waals surface area (Å²) >= 11 is 0. The van der Waals surface area contributed by atoms with E-state index >= 15 is 0 Å². The number of benzene rings is 1. The Bertz CT molecular complexity index is 379. The second kappa shape index (κ2) is 6.15. The lowest BCUT2D eigenvalue weighted by Gasteiger charge is -2.20. The van der Waals surface area contributed by atoms with E-state index < -0.39 is 24.6 Å². The van der Waals surface area contributed by atoms with Crippen LogP contribution in [-0.4, -0.2) is 31.2 Å². The number of nitrogens with two attached hydrogens (primary N) is 1. The summed E-state index contributed by atoms with van der Waals surface area (Å²) in [6.07, 6.45) is -3.87. The number of alkyl halides is 3. The first-order valence-corrected chi connectivity index (χ1v) is 5.54. The van der Waals surface area contributed by atoms with Crippen molar-refractivity contribution >= 4 is 0 Å². The molecule has 0 spiro atoms. The standard InChI is InChI=1S/C12H16F4N2/c1-18(8-12(14,15)16)6-5-11(17)9-3-2-4-10(13)7-9/h2-4,7,11H,5-6,8,17H2,1H3. The van der Waals surface area contributed by atoms with E-state index in [4.69, 9.17) is 5.73 Å². The minimum Gasteiger partial charge on any atom is -0.324 e. The Morgan fingerprint density at radius 3 is 2.56 bits per heavy atom. The normalized spacial score (nSPS) is 13.9. The van der Waals surface area contributed by atoms with Gasteiger partial charge < -0.3 is 5.73 Å². The van der Waals surface area contributed by atoms with Gasteiger partial charge in [0.05, 0.1) is 6.54 Å². The molecule has 2 N–H and O–H groups in total. The van der Waals surface area contributed by atoms with Crippen LogP contribution in [0.15, 0.2) is 24.3 Å². The van der Waals surface area contributed by atoms with Gasteiger partial charge in [-0.05, 0) is 37.7 Å². The maximum Gasteiger partial charge on any atom is 0.401 e. The lowest BCUT2D eigenvalue weighted by Crippen LogP contribution is -2.33. The van der Waals surface area contributed by atoms with Crippen molar-refractivity contribution in [2.45, 2.75) is 18.6 Å². The van der Waals surface area contributed by atoms with Gasteiger partial charge in [-0.25, -0.2) is 4.39 Å². The van der Waals surface area contributed by atoms with E-state index in [9.17, 15) is 17.6 Å². The molecule has 0 aromatic heterocycles. The second-order valence-electron chi connectivity index (χ2n) is 4.30. The maximum atomic E-state index is 12.9. The first kappa shape index (κ1) is 14.9. The van der Waals surface area contributed by atoms with E-state index in [1.807, 2.05) is 0 Å². The van der Waals surface area contributed by atoms with Crippen LogP contribution >= 0.6 is 0 Å². The van der Waals surface area contributed by atoms with Gasteiger partial charge in [-0.15, -0.1) is 0 Å². The third-order valence-corrected chi connectivity index (χ3v) is 2.55. The molecule has 1 unspecified atom stereocenters. The predicted octanol–water partition coefficient (Wildman–Crippen LogP) is 2.71. The molecule has 6 heteroatoms. The molecular formula is C12H16F4N2. The van der Waals surface area contributed by atoms with Crippen molar-refractivity contribution in [2.75, 3.05) is 20.1 Å². The highest BCUT2D eigenvalue weighted by Gasteiger charge is 2.29. The van der Waals surface area contributed by atoms with E-state index in [-0.39, 0.29) is 6.54 Å². The van der Waals surface area contributed by atoms with E-state index in [0.29, 0.717) is 12.0 Å². The highest BCUT2D eigenvalue weighted by Crippen LogP contribution is 2.18. The minimum absolute atomic E-state index is 0.206. The van der Waals surface area contributed by atoms with Gasteiger partial charge in [0.15, 0.2) is 0 Å². The molecule has 0 heterocycles. The molecule has 0 aliphatic rings. The molecule has 0 amide bonds. The summed E-state index contributed by atoms with van der Waals surface area (Å²) in [5.41, 5.74) is 6.39. The third-order valence-electron chi connectivity index (χ3n) is 2.55. The lowest BCUT2D eigenvalue weighted by molar-refractivity contribution is -0.143. The van der Waals surface area contributed by atoms with Gasteiger partial charge in [-0.2, -0.15) is 13.2 Å². The molecule has 1 aromatic rings. The van der Waals surface area contributed by atoms with Crippen LogP contribution in [0.4, 0.5) is 17.6 Å². The fourth-order valence-electron chi connectivity index (χ4n) is 1.65. The molecule has 0 aliphatic carbocycles. The summed E-state index contributed by atoms with van der Waals surface area (Å²) in [5, 5.41) is 0. The van der Waals surface area contributed by atoms with Crippen LogP contribution < -0.4 is 5.73 Å². The number of rotatable bonds is 5. The average molecular weight is 264 g/mol. The van der Waals surface area contributed by atoms with Gasteiger partial charge in [-0.3, -0.25) is 4.90 Å². The minimum atomic E-state index is -4.21. The average Bonchev–Trinajstić information content (AvgIpc) is 2.23. The van der Waals surface area contributed by atoms with Crippen LogP contribution in [0, 0.1) is 5.82 Å². The molecule has 0 aliphatic heterocycles. The number of halogens is 4. The fraction of sp³-hybridized carbons (Fsp3) is 0.500. The van der Waals surface area contributed by atoms with Crippen LogP contribution in [-0.2, 0) is 0 Å². The zero-order valence-electron chi connectivity index (χ0n) is 10.0. The Morgan fingerprint density at radius 2 is 2.00 bits per heavy atom. The summed E-state index contributed by atoms with van der Waals surface area (Å²) in [7, 11) is 1.38. The molecule has 0 saturated heterocycles. The van der Waals surface area contributed by atoms with Crippen molar-refractivity contribution in [3.05, 3.63) is 35.6 Å². The van der Waals surface area contributed by atoms with Gasteiger partial charge in [0.2, 0.25) is 0 Å². The van der Waals surface area contributed by atoms with Crippen LogP contribution in [0.1, 0.15) is 18.0 Å². The molecule has 18 heavy (non-hydrogen) atoms. The van der Waals surface area contributed by atoms with Crippen LogP contribution in [0.3, 0.4) is 0 Å². The van der Waals surface area contributed by atoms with Crippen LogP contribution in [0.25, 0.3) is 0 Å². The number of hydrogen-bond acceptors (Lipinski definition) is 2. The largest absolute Gasteiger partial charge is 0.401 e. The Labute approximate surface area is 103 Å². The zero-order chi connectivity index (χ0) is 13.8. The first-order chi connectivity index (χ1) is 8.28. The number of hydrogen-bond donors (Lipinski definition) is 1. The van der Waals surface area contributed by atoms with Crippen molar-refractivity contribution in [1.82, 2.24) is 4.90 Å². The van der Waals surface area contributed by atoms with E-state index in [1.54, 1.807) is 6.07 Å². The van der Waals surface area contributed by atoms with Gasteiger partial charge >= 0.3 is 6.18 Å². The van der Waals surface area contributed by atoms with Crippen molar-refractivity contribution in [3.63, 3.8) is 0 Å². The monoisotopic (exact) mass is 264 g/mol. The predicted molar refractivity (Wildman–Crippen MR) is 61.5 cm³/mol. The Hall–Kier alpha value is -1.14. The van der Waals surface area contributed by atoms with Crippen molar-refractivity contribution in [2.24, 2.45) is 5.73 Å². The Balaban J connectivity index is 2.44. The quantitative estimate of drug-likeness (QED) is 0.828. The Morgan fingerprint density at radius 1 is 1.33 bits per heavy atom. The fourth-order valence-corrected chi connectivity index (χ4v) is 1.65. The summed E-state index contributed by atoms with van der Waals surface area (Å²) in [5.74, 6) is -0.397. The van der Waals surface area contributed by atoms with Crippen molar-refractivity contribution < 1.29 is 17.6 Å². The number of nitrogens with zero attached hydrogens (tertiary/aromatic N) is 1. The van der Waals surface area contributed by atoms with Crippen molar-refractivity contribution in [1.29, 1.82) is 0 Å². The topological polar surface area (TPSA) is 29.3 Å². The lowest BCUT2D eigenvalue weighted by atomic mass is 10.0. The van der Waals surface area contributed by atoms with Crippen LogP contribution in [0.2, 0.25) is 0 Å². The molecule has 1 rings (SSSR count). The smallest absolute Gasteiger partial charge is 0.324 e. The SMILES string of the molecule is CN(CCC(N)c1cccc(F)c1)CC(F)(F)F. The van der Waals surface area contributed by atoms with Gasteiger partial charge in [0.25, 0.3) is 0 Å². The Kier molecular flexibility index (Phi) is 5.10. The van der Waals surface area contributed by atoms with E-state index in [0.717, 1.165) is 4.90 Å². The van der Waals surface area contributed by atoms with Gasteiger partial charge in [-0.1, -0.05) is 12.1 Å². The summed E-state index contributed by atoms with van der Waals surface area (Å²) < 4.78 is 49.2. The van der Waals surface area contributed by atoms with Crippen molar-refractivity contribution in [3.8, 4) is 0 Å². The molecule has 0 radical (unpaired) electrons. The summed E-state index contributed by atoms with van der Waals surface area (Å²) in [6.45, 7) is -0.764. The molecule has 102 valence electrons. The van der Waals surface area contributed by atoms with Gasteiger partial charge in [0, 0.05) is 6.04 Å². The summed E-state index contributed by atoms with van der Waals surface area (Å²) in [4.78, 5) is 1.15. The molecule has 2 nitrogen and oxygen atoms in total. The van der Waals surface area contributed by atoms with E-state index in [1.165, 1.54) is 25.2 Å². The molecule has 0 bridgehead atoms. The van der Waals surface area contributed by atoms with Crippen LogP contribution in [0.5, 0.6) is 0 Å². The molecule has 0 fully saturated rings. The summed E-state index contributed by atoms with van der Waals surface area (Å²) in [6, 6.07) is 5.33. The van der Waals surface area contributed by atoms with E-state index in [2.05, 4.69) is 0 Å². The maximum absolute atomic E-state index is 12.9. The first-order valence-electron chi connectivity index (χ1n) is 5.54. The molecule has 1 aromatic carbocycles. The third kappa shape index (κ3) is 5.46. The highest BCUT2D eigenvalue weighted by molar-refractivity contribution is 5.19. The van der Waals surface area contributed by atoms with Gasteiger partial charge in [0.1, 0.15) is 5.82 Å². The molecule has 1 atom stereocenters. The highest BCUT2D eigenvalue weighted by atomic mass is 19.4. The zero-order valence-corrected chi connectivity index (χ0v) is 10.0. The molecule has 0 saturated carbocycles.